The average Bonchev–Trinajstić information content (AvgIpc) is 2.33. The molecule has 0 aromatic carbocycles. The van der Waals surface area contributed by atoms with Crippen LogP contribution in [0.2, 0.25) is 0 Å². The summed E-state index contributed by atoms with van der Waals surface area (Å²) in [4.78, 5) is 12.9. The molecule has 1 fully saturated rings. The standard InChI is InChI=1S/C14H25F3N2O/c1-10(2)19(9-14(15,16)17)13(20)8-5-11-3-6-12(18)7-4-11/h10-12H,3-9,18H2,1-2H3. The predicted molar refractivity (Wildman–Crippen MR) is 72.1 cm³/mol. The molecule has 1 rings (SSSR count). The highest BCUT2D eigenvalue weighted by Gasteiger charge is 2.34. The smallest absolute Gasteiger partial charge is 0.331 e. The van der Waals surface area contributed by atoms with E-state index in [4.69, 9.17) is 5.73 Å². The predicted octanol–water partition coefficient (Wildman–Crippen LogP) is 3.08. The molecule has 0 unspecified atom stereocenters. The van der Waals surface area contributed by atoms with Gasteiger partial charge in [0.05, 0.1) is 0 Å². The van der Waals surface area contributed by atoms with Crippen molar-refractivity contribution in [3.05, 3.63) is 0 Å². The summed E-state index contributed by atoms with van der Waals surface area (Å²) in [5, 5.41) is 0. The maximum atomic E-state index is 12.5. The Kier molecular flexibility index (Phi) is 6.30. The Morgan fingerprint density at radius 2 is 1.80 bits per heavy atom. The summed E-state index contributed by atoms with van der Waals surface area (Å²) >= 11 is 0. The molecule has 1 aliphatic rings. The number of nitrogens with zero attached hydrogens (tertiary/aromatic N) is 1. The molecular formula is C14H25F3N2O. The average molecular weight is 294 g/mol. The molecule has 0 radical (unpaired) electrons. The molecular weight excluding hydrogens is 269 g/mol. The molecule has 2 N–H and O–H groups in total. The lowest BCUT2D eigenvalue weighted by Crippen LogP contribution is -2.43. The molecule has 1 amide bonds. The van der Waals surface area contributed by atoms with Gasteiger partial charge in [0, 0.05) is 18.5 Å². The van der Waals surface area contributed by atoms with Gasteiger partial charge in [-0.15, -0.1) is 0 Å². The molecule has 0 spiro atoms. The SMILES string of the molecule is CC(C)N(CC(F)(F)F)C(=O)CCC1CCC(N)CC1. The molecule has 0 aromatic rings. The lowest BCUT2D eigenvalue weighted by Gasteiger charge is -2.30. The number of hydrogen-bond donors (Lipinski definition) is 1. The van der Waals surface area contributed by atoms with E-state index in [9.17, 15) is 18.0 Å². The molecule has 0 bridgehead atoms. The van der Waals surface area contributed by atoms with Crippen molar-refractivity contribution in [1.82, 2.24) is 4.90 Å². The Hall–Kier alpha value is -0.780. The minimum absolute atomic E-state index is 0.203. The van der Waals surface area contributed by atoms with Crippen LogP contribution in [-0.2, 0) is 4.79 Å². The molecule has 0 aromatic heterocycles. The summed E-state index contributed by atoms with van der Waals surface area (Å²) in [7, 11) is 0. The van der Waals surface area contributed by atoms with Gasteiger partial charge < -0.3 is 10.6 Å². The molecule has 3 nitrogen and oxygen atoms in total. The van der Waals surface area contributed by atoms with Crippen LogP contribution >= 0.6 is 0 Å². The Balaban J connectivity index is 2.42. The molecule has 0 aliphatic heterocycles. The highest BCUT2D eigenvalue weighted by atomic mass is 19.4. The molecule has 118 valence electrons. The zero-order valence-corrected chi connectivity index (χ0v) is 12.2. The van der Waals surface area contributed by atoms with Crippen molar-refractivity contribution in [2.45, 2.75) is 70.6 Å². The van der Waals surface area contributed by atoms with Crippen LogP contribution in [0.1, 0.15) is 52.4 Å². The summed E-state index contributed by atoms with van der Waals surface area (Å²) < 4.78 is 37.4. The minimum atomic E-state index is -4.34. The third-order valence-electron chi connectivity index (χ3n) is 3.95. The van der Waals surface area contributed by atoms with E-state index in [0.717, 1.165) is 30.6 Å². The number of rotatable bonds is 5. The van der Waals surface area contributed by atoms with Gasteiger partial charge in [-0.05, 0) is 51.9 Å². The topological polar surface area (TPSA) is 46.3 Å². The highest BCUT2D eigenvalue weighted by Crippen LogP contribution is 2.27. The molecule has 1 saturated carbocycles. The van der Waals surface area contributed by atoms with Crippen molar-refractivity contribution >= 4 is 5.91 Å². The van der Waals surface area contributed by atoms with Crippen molar-refractivity contribution < 1.29 is 18.0 Å². The summed E-state index contributed by atoms with van der Waals surface area (Å²) in [5.74, 6) is 0.0332. The number of hydrogen-bond acceptors (Lipinski definition) is 2. The number of halogens is 3. The maximum absolute atomic E-state index is 12.5. The van der Waals surface area contributed by atoms with Gasteiger partial charge in [-0.3, -0.25) is 4.79 Å². The van der Waals surface area contributed by atoms with E-state index in [0.29, 0.717) is 12.3 Å². The Bertz CT molecular complexity index is 310. The van der Waals surface area contributed by atoms with E-state index in [1.54, 1.807) is 13.8 Å². The molecule has 0 saturated heterocycles. The second-order valence-corrected chi connectivity index (χ2v) is 6.05. The summed E-state index contributed by atoms with van der Waals surface area (Å²) in [5.41, 5.74) is 5.81. The first kappa shape index (κ1) is 17.3. The quantitative estimate of drug-likeness (QED) is 0.847. The van der Waals surface area contributed by atoms with E-state index in [-0.39, 0.29) is 12.5 Å². The fourth-order valence-corrected chi connectivity index (χ4v) is 2.70. The number of carbonyl (C=O) groups excluding carboxylic acids is 1. The Labute approximate surface area is 118 Å². The van der Waals surface area contributed by atoms with Crippen LogP contribution in [-0.4, -0.2) is 35.6 Å². The van der Waals surface area contributed by atoms with Gasteiger partial charge in [0.15, 0.2) is 0 Å². The summed E-state index contributed by atoms with van der Waals surface area (Å²) in [6.07, 6.45) is 0.410. The molecule has 20 heavy (non-hydrogen) atoms. The minimum Gasteiger partial charge on any atom is -0.331 e. The lowest BCUT2D eigenvalue weighted by molar-refractivity contribution is -0.164. The van der Waals surface area contributed by atoms with Gasteiger partial charge in [-0.2, -0.15) is 13.2 Å². The van der Waals surface area contributed by atoms with Crippen LogP contribution in [0.3, 0.4) is 0 Å². The normalized spacial score (nSPS) is 23.9. The lowest BCUT2D eigenvalue weighted by atomic mass is 9.83. The van der Waals surface area contributed by atoms with Crippen molar-refractivity contribution in [2.75, 3.05) is 6.54 Å². The summed E-state index contributed by atoms with van der Waals surface area (Å²) in [6.45, 7) is 2.07. The van der Waals surface area contributed by atoms with E-state index in [1.807, 2.05) is 0 Å². The molecule has 0 heterocycles. The van der Waals surface area contributed by atoms with Crippen molar-refractivity contribution in [1.29, 1.82) is 0 Å². The van der Waals surface area contributed by atoms with Crippen molar-refractivity contribution in [3.63, 3.8) is 0 Å². The van der Waals surface area contributed by atoms with Crippen molar-refractivity contribution in [3.8, 4) is 0 Å². The van der Waals surface area contributed by atoms with Crippen LogP contribution in [0, 0.1) is 5.92 Å². The number of alkyl halides is 3. The van der Waals surface area contributed by atoms with Gasteiger partial charge in [0.1, 0.15) is 6.54 Å². The van der Waals surface area contributed by atoms with E-state index in [1.165, 1.54) is 0 Å². The summed E-state index contributed by atoms with van der Waals surface area (Å²) in [6, 6.07) is -0.178. The van der Waals surface area contributed by atoms with Gasteiger partial charge in [0.25, 0.3) is 0 Å². The Morgan fingerprint density at radius 1 is 1.25 bits per heavy atom. The first-order chi connectivity index (χ1) is 9.19. The first-order valence-electron chi connectivity index (χ1n) is 7.31. The number of amides is 1. The second-order valence-electron chi connectivity index (χ2n) is 6.05. The van der Waals surface area contributed by atoms with Crippen LogP contribution in [0.5, 0.6) is 0 Å². The first-order valence-corrected chi connectivity index (χ1v) is 7.31. The zero-order valence-electron chi connectivity index (χ0n) is 12.2. The molecule has 0 atom stereocenters. The van der Waals surface area contributed by atoms with Gasteiger partial charge in [-0.25, -0.2) is 0 Å². The molecule has 6 heteroatoms. The van der Waals surface area contributed by atoms with Crippen LogP contribution < -0.4 is 5.73 Å². The van der Waals surface area contributed by atoms with Gasteiger partial charge >= 0.3 is 6.18 Å². The van der Waals surface area contributed by atoms with E-state index in [2.05, 4.69) is 0 Å². The largest absolute Gasteiger partial charge is 0.406 e. The van der Waals surface area contributed by atoms with E-state index >= 15 is 0 Å². The monoisotopic (exact) mass is 294 g/mol. The van der Waals surface area contributed by atoms with Gasteiger partial charge in [-0.1, -0.05) is 0 Å². The second kappa shape index (κ2) is 7.29. The Morgan fingerprint density at radius 3 is 2.25 bits per heavy atom. The van der Waals surface area contributed by atoms with Crippen LogP contribution in [0.25, 0.3) is 0 Å². The zero-order chi connectivity index (χ0) is 15.3. The maximum Gasteiger partial charge on any atom is 0.406 e. The number of carbonyl (C=O) groups is 1. The molecule has 1 aliphatic carbocycles. The fraction of sp³-hybridized carbons (Fsp3) is 0.929. The van der Waals surface area contributed by atoms with Crippen molar-refractivity contribution in [2.24, 2.45) is 11.7 Å². The third kappa shape index (κ3) is 6.11. The number of nitrogens with two attached hydrogens (primary N) is 1. The fourth-order valence-electron chi connectivity index (χ4n) is 2.70. The van der Waals surface area contributed by atoms with Crippen LogP contribution in [0.15, 0.2) is 0 Å². The third-order valence-corrected chi connectivity index (χ3v) is 3.95. The van der Waals surface area contributed by atoms with Crippen LogP contribution in [0.4, 0.5) is 13.2 Å². The van der Waals surface area contributed by atoms with Gasteiger partial charge in [0.2, 0.25) is 5.91 Å². The van der Waals surface area contributed by atoms with E-state index < -0.39 is 24.7 Å². The highest BCUT2D eigenvalue weighted by molar-refractivity contribution is 5.76.